The fourth-order valence-corrected chi connectivity index (χ4v) is 4.93. The Morgan fingerprint density at radius 3 is 2.60 bits per heavy atom. The van der Waals surface area contributed by atoms with Gasteiger partial charge in [0.2, 0.25) is 5.89 Å². The molecule has 0 radical (unpaired) electrons. The molecule has 0 unspecified atom stereocenters. The molecule has 206 valence electrons. The van der Waals surface area contributed by atoms with Gasteiger partial charge >= 0.3 is 0 Å². The number of aromatic nitrogens is 1. The number of carbonyl (C=O) groups is 1. The van der Waals surface area contributed by atoms with Gasteiger partial charge in [-0.15, -0.1) is 0 Å². The van der Waals surface area contributed by atoms with Crippen LogP contribution in [0.2, 0.25) is 0 Å². The molecule has 1 aliphatic heterocycles. The van der Waals surface area contributed by atoms with E-state index in [1.54, 1.807) is 24.3 Å². The summed E-state index contributed by atoms with van der Waals surface area (Å²) in [5, 5.41) is 17.3. The molecule has 1 saturated heterocycles. The Balaban J connectivity index is 1.34. The Morgan fingerprint density at radius 2 is 1.90 bits per heavy atom. The van der Waals surface area contributed by atoms with Crippen molar-refractivity contribution in [1.82, 2.24) is 10.3 Å². The van der Waals surface area contributed by atoms with Crippen LogP contribution >= 0.6 is 12.2 Å². The van der Waals surface area contributed by atoms with E-state index in [4.69, 9.17) is 21.4 Å². The van der Waals surface area contributed by atoms with Crippen LogP contribution in [0.4, 0.5) is 17.1 Å². The fraction of sp³-hybridized carbons (Fsp3) is 0.276. The number of hydrogen-bond acceptors (Lipinski definition) is 8. The molecule has 1 aliphatic rings. The largest absolute Gasteiger partial charge is 0.495 e. The number of rotatable bonds is 7. The van der Waals surface area contributed by atoms with E-state index in [0.29, 0.717) is 40.1 Å². The SMILES string of the molecule is COc1ccc(-c2nc3cc(C(C)C)ccc3o2)cc1NC(=S)NC(=O)c1ccc(N2CCCC2)c([N+](=O)[O-])c1. The van der Waals surface area contributed by atoms with Crippen LogP contribution in [-0.2, 0) is 0 Å². The van der Waals surface area contributed by atoms with Crippen molar-refractivity contribution >= 4 is 51.4 Å². The molecule has 1 aromatic heterocycles. The van der Waals surface area contributed by atoms with Crippen LogP contribution < -0.4 is 20.3 Å². The van der Waals surface area contributed by atoms with Crippen molar-refractivity contribution in [1.29, 1.82) is 0 Å². The van der Waals surface area contributed by atoms with Gasteiger partial charge in [0.25, 0.3) is 11.6 Å². The number of nitrogens with one attached hydrogen (secondary N) is 2. The molecule has 2 N–H and O–H groups in total. The quantitative estimate of drug-likeness (QED) is 0.153. The van der Waals surface area contributed by atoms with Gasteiger partial charge in [-0.05, 0) is 79.0 Å². The molecule has 0 saturated carbocycles. The summed E-state index contributed by atoms with van der Waals surface area (Å²) in [6.07, 6.45) is 1.96. The topological polar surface area (TPSA) is 123 Å². The van der Waals surface area contributed by atoms with E-state index >= 15 is 0 Å². The van der Waals surface area contributed by atoms with Crippen LogP contribution in [0.1, 0.15) is 48.5 Å². The number of nitrogens with zero attached hydrogens (tertiary/aromatic N) is 3. The third-order valence-electron chi connectivity index (χ3n) is 6.88. The van der Waals surface area contributed by atoms with E-state index in [-0.39, 0.29) is 16.4 Å². The summed E-state index contributed by atoms with van der Waals surface area (Å²) in [5.74, 6) is 0.724. The van der Waals surface area contributed by atoms with Crippen LogP contribution in [-0.4, -0.2) is 41.1 Å². The van der Waals surface area contributed by atoms with Crippen LogP contribution in [0.3, 0.4) is 0 Å². The number of ether oxygens (including phenoxy) is 1. The van der Waals surface area contributed by atoms with E-state index < -0.39 is 10.8 Å². The average Bonchev–Trinajstić information content (AvgIpc) is 3.62. The zero-order valence-corrected chi connectivity index (χ0v) is 23.2. The highest BCUT2D eigenvalue weighted by atomic mass is 32.1. The lowest BCUT2D eigenvalue weighted by molar-refractivity contribution is -0.384. The van der Waals surface area contributed by atoms with E-state index in [0.717, 1.165) is 31.4 Å². The summed E-state index contributed by atoms with van der Waals surface area (Å²) in [4.78, 5) is 30.8. The van der Waals surface area contributed by atoms with Crippen molar-refractivity contribution in [3.63, 3.8) is 0 Å². The van der Waals surface area contributed by atoms with Crippen LogP contribution in [0.5, 0.6) is 5.75 Å². The van der Waals surface area contributed by atoms with Gasteiger partial charge in [-0.2, -0.15) is 0 Å². The summed E-state index contributed by atoms with van der Waals surface area (Å²) in [5.41, 5.74) is 4.33. The van der Waals surface area contributed by atoms with Crippen molar-refractivity contribution in [2.75, 3.05) is 30.4 Å². The van der Waals surface area contributed by atoms with Crippen molar-refractivity contribution < 1.29 is 18.9 Å². The first kappa shape index (κ1) is 27.1. The van der Waals surface area contributed by atoms with Crippen molar-refractivity contribution in [2.45, 2.75) is 32.6 Å². The van der Waals surface area contributed by atoms with E-state index in [9.17, 15) is 14.9 Å². The summed E-state index contributed by atoms with van der Waals surface area (Å²) in [6, 6.07) is 15.8. The molecule has 4 aromatic rings. The number of methoxy groups -OCH3 is 1. The van der Waals surface area contributed by atoms with Crippen LogP contribution in [0.15, 0.2) is 59.0 Å². The third-order valence-corrected chi connectivity index (χ3v) is 7.09. The minimum Gasteiger partial charge on any atom is -0.495 e. The lowest BCUT2D eigenvalue weighted by atomic mass is 10.0. The number of oxazole rings is 1. The summed E-state index contributed by atoms with van der Waals surface area (Å²) < 4.78 is 11.4. The summed E-state index contributed by atoms with van der Waals surface area (Å²) >= 11 is 5.39. The van der Waals surface area contributed by atoms with Crippen molar-refractivity contribution in [3.8, 4) is 17.2 Å². The molecule has 0 bridgehead atoms. The normalized spacial score (nSPS) is 13.1. The summed E-state index contributed by atoms with van der Waals surface area (Å²) in [6.45, 7) is 5.75. The van der Waals surface area contributed by atoms with Crippen LogP contribution in [0.25, 0.3) is 22.6 Å². The molecule has 1 fully saturated rings. The highest BCUT2D eigenvalue weighted by Gasteiger charge is 2.24. The highest BCUT2D eigenvalue weighted by Crippen LogP contribution is 2.34. The molecule has 0 aliphatic carbocycles. The first-order chi connectivity index (χ1) is 19.2. The first-order valence-corrected chi connectivity index (χ1v) is 13.4. The second-order valence-corrected chi connectivity index (χ2v) is 10.3. The molecular formula is C29H29N5O5S. The van der Waals surface area contributed by atoms with E-state index in [1.807, 2.05) is 29.2 Å². The molecular weight excluding hydrogens is 530 g/mol. The van der Waals surface area contributed by atoms with Gasteiger partial charge in [-0.1, -0.05) is 19.9 Å². The number of anilines is 2. The van der Waals surface area contributed by atoms with Gasteiger partial charge in [0, 0.05) is 30.3 Å². The maximum atomic E-state index is 12.9. The number of carbonyl (C=O) groups excluding carboxylic acids is 1. The summed E-state index contributed by atoms with van der Waals surface area (Å²) in [7, 11) is 1.52. The maximum absolute atomic E-state index is 12.9. The van der Waals surface area contributed by atoms with E-state index in [2.05, 4.69) is 29.5 Å². The Bertz CT molecular complexity index is 1610. The number of nitro benzene ring substituents is 1. The van der Waals surface area contributed by atoms with Gasteiger partial charge in [-0.25, -0.2) is 4.98 Å². The van der Waals surface area contributed by atoms with Crippen molar-refractivity contribution in [2.24, 2.45) is 0 Å². The monoisotopic (exact) mass is 559 g/mol. The lowest BCUT2D eigenvalue weighted by Crippen LogP contribution is -2.34. The molecule has 40 heavy (non-hydrogen) atoms. The predicted octanol–water partition coefficient (Wildman–Crippen LogP) is 6.26. The zero-order valence-electron chi connectivity index (χ0n) is 22.4. The second kappa shape index (κ2) is 11.3. The molecule has 0 atom stereocenters. The first-order valence-electron chi connectivity index (χ1n) is 13.0. The molecule has 1 amide bonds. The number of benzene rings is 3. The number of hydrogen-bond donors (Lipinski definition) is 2. The number of nitro groups is 1. The third kappa shape index (κ3) is 5.59. The second-order valence-electron chi connectivity index (χ2n) is 9.88. The fourth-order valence-electron chi connectivity index (χ4n) is 4.73. The maximum Gasteiger partial charge on any atom is 0.293 e. The Hall–Kier alpha value is -4.51. The number of amides is 1. The molecule has 10 nitrogen and oxygen atoms in total. The van der Waals surface area contributed by atoms with Gasteiger partial charge < -0.3 is 19.4 Å². The molecule has 2 heterocycles. The molecule has 11 heteroatoms. The van der Waals surface area contributed by atoms with Crippen LogP contribution in [0, 0.1) is 10.1 Å². The minimum absolute atomic E-state index is 0.00543. The van der Waals surface area contributed by atoms with Gasteiger partial charge in [0.05, 0.1) is 17.7 Å². The zero-order chi connectivity index (χ0) is 28.4. The number of fused-ring (bicyclic) bond motifs is 1. The van der Waals surface area contributed by atoms with E-state index in [1.165, 1.54) is 18.7 Å². The number of thiocarbonyl (C=S) groups is 1. The molecule has 5 rings (SSSR count). The van der Waals surface area contributed by atoms with Gasteiger partial charge in [0.15, 0.2) is 10.7 Å². The Labute approximate surface area is 236 Å². The molecule has 0 spiro atoms. The Morgan fingerprint density at radius 1 is 1.12 bits per heavy atom. The molecule has 3 aromatic carbocycles. The Kier molecular flexibility index (Phi) is 7.65. The van der Waals surface area contributed by atoms with Gasteiger partial charge in [-0.3, -0.25) is 20.2 Å². The minimum atomic E-state index is -0.566. The van der Waals surface area contributed by atoms with Crippen molar-refractivity contribution in [3.05, 3.63) is 75.8 Å². The standard InChI is InChI=1S/C29H29N5O5S/c1-17(2)18-7-11-26-22(14-18)30-28(39-26)20-8-10-25(38-3)21(15-20)31-29(40)32-27(35)19-6-9-23(24(16-19)34(36)37)33-12-4-5-13-33/h6-11,14-17H,4-5,12-13H2,1-3H3,(H2,31,32,35,40). The lowest BCUT2D eigenvalue weighted by Gasteiger charge is -2.18. The highest BCUT2D eigenvalue weighted by molar-refractivity contribution is 7.80. The van der Waals surface area contributed by atoms with Gasteiger partial charge in [0.1, 0.15) is 17.0 Å². The average molecular weight is 560 g/mol. The smallest absolute Gasteiger partial charge is 0.293 e. The predicted molar refractivity (Wildman–Crippen MR) is 158 cm³/mol.